The molecular weight excluding hydrogens is 372 g/mol. The van der Waals surface area contributed by atoms with Crippen LogP contribution in [0, 0.1) is 0 Å². The van der Waals surface area contributed by atoms with Gasteiger partial charge in [0.1, 0.15) is 4.60 Å². The van der Waals surface area contributed by atoms with Crippen molar-refractivity contribution < 1.29 is 13.2 Å². The van der Waals surface area contributed by atoms with Gasteiger partial charge < -0.3 is 5.32 Å². The van der Waals surface area contributed by atoms with Gasteiger partial charge in [-0.05, 0) is 43.1 Å². The molecule has 0 atom stereocenters. The van der Waals surface area contributed by atoms with Gasteiger partial charge in [0.15, 0.2) is 0 Å². The summed E-state index contributed by atoms with van der Waals surface area (Å²) in [5.41, 5.74) is 0.209. The molecule has 7 nitrogen and oxygen atoms in total. The summed E-state index contributed by atoms with van der Waals surface area (Å²) in [7, 11) is -3.12. The third-order valence-electron chi connectivity index (χ3n) is 3.44. The van der Waals surface area contributed by atoms with Crippen molar-refractivity contribution in [3.8, 4) is 0 Å². The van der Waals surface area contributed by atoms with Crippen molar-refractivity contribution in [2.75, 3.05) is 25.4 Å². The van der Waals surface area contributed by atoms with E-state index in [1.165, 1.54) is 10.5 Å². The van der Waals surface area contributed by atoms with Crippen LogP contribution in [-0.4, -0.2) is 53.8 Å². The molecular formula is C13H21BrN4O3S. The van der Waals surface area contributed by atoms with Gasteiger partial charge in [-0.1, -0.05) is 0 Å². The van der Waals surface area contributed by atoms with Crippen molar-refractivity contribution in [1.82, 2.24) is 19.4 Å². The van der Waals surface area contributed by atoms with Crippen LogP contribution in [0.2, 0.25) is 0 Å². The van der Waals surface area contributed by atoms with Crippen molar-refractivity contribution in [1.29, 1.82) is 0 Å². The van der Waals surface area contributed by atoms with Crippen LogP contribution in [0.1, 0.15) is 37.6 Å². The van der Waals surface area contributed by atoms with Gasteiger partial charge in [0.05, 0.1) is 23.1 Å². The number of halogens is 1. The van der Waals surface area contributed by atoms with Gasteiger partial charge in [0.2, 0.25) is 10.0 Å². The molecule has 9 heteroatoms. The number of nitrogens with one attached hydrogen (secondary N) is 1. The van der Waals surface area contributed by atoms with Crippen LogP contribution in [0.5, 0.6) is 0 Å². The number of sulfonamides is 1. The van der Waals surface area contributed by atoms with Crippen LogP contribution < -0.4 is 5.32 Å². The highest BCUT2D eigenvalue weighted by atomic mass is 79.9. The fourth-order valence-electron chi connectivity index (χ4n) is 2.29. The van der Waals surface area contributed by atoms with E-state index in [0.29, 0.717) is 29.7 Å². The molecule has 0 bridgehead atoms. The summed E-state index contributed by atoms with van der Waals surface area (Å²) in [6.45, 7) is 7.09. The highest BCUT2D eigenvalue weighted by molar-refractivity contribution is 9.10. The Morgan fingerprint density at radius 3 is 2.64 bits per heavy atom. The highest BCUT2D eigenvalue weighted by Gasteiger charge is 2.28. The van der Waals surface area contributed by atoms with Crippen LogP contribution in [0.15, 0.2) is 10.8 Å². The number of rotatable bonds is 4. The van der Waals surface area contributed by atoms with Crippen molar-refractivity contribution in [2.24, 2.45) is 0 Å². The van der Waals surface area contributed by atoms with Gasteiger partial charge in [-0.25, -0.2) is 12.7 Å². The Morgan fingerprint density at radius 2 is 2.14 bits per heavy atom. The number of hydrogen-bond donors (Lipinski definition) is 1. The standard InChI is InChI=1S/C13H21BrN4O3S/c1-13(2,3)18-11(14)10(9-16-18)12(19)15-5-7-17-6-4-8-22(17,20)21/h9H,4-8H2,1-3H3,(H,15,19). The molecule has 1 N–H and O–H groups in total. The lowest BCUT2D eigenvalue weighted by Gasteiger charge is -2.20. The second-order valence-corrected chi connectivity index (χ2v) is 9.10. The van der Waals surface area contributed by atoms with Crippen molar-refractivity contribution in [2.45, 2.75) is 32.7 Å². The molecule has 0 spiro atoms. The van der Waals surface area contributed by atoms with Crippen LogP contribution >= 0.6 is 15.9 Å². The molecule has 124 valence electrons. The number of amides is 1. The number of carbonyl (C=O) groups excluding carboxylic acids is 1. The minimum Gasteiger partial charge on any atom is -0.351 e. The first-order valence-corrected chi connectivity index (χ1v) is 9.53. The third-order valence-corrected chi connectivity index (χ3v) is 6.16. The molecule has 1 aliphatic heterocycles. The lowest BCUT2D eigenvalue weighted by atomic mass is 10.1. The van der Waals surface area contributed by atoms with E-state index in [9.17, 15) is 13.2 Å². The minimum atomic E-state index is -3.12. The molecule has 1 fully saturated rings. The number of nitrogens with zero attached hydrogens (tertiary/aromatic N) is 3. The second-order valence-electron chi connectivity index (χ2n) is 6.26. The highest BCUT2D eigenvalue weighted by Crippen LogP contribution is 2.23. The van der Waals surface area contributed by atoms with Gasteiger partial charge in [-0.3, -0.25) is 9.48 Å². The molecule has 22 heavy (non-hydrogen) atoms. The van der Waals surface area contributed by atoms with Crippen molar-refractivity contribution in [3.63, 3.8) is 0 Å². The quantitative estimate of drug-likeness (QED) is 0.832. The van der Waals surface area contributed by atoms with Gasteiger partial charge in [-0.2, -0.15) is 5.10 Å². The SMILES string of the molecule is CC(C)(C)n1ncc(C(=O)NCCN2CCCS2(=O)=O)c1Br. The second kappa shape index (κ2) is 6.29. The Bertz CT molecular complexity index is 663. The van der Waals surface area contributed by atoms with Crippen molar-refractivity contribution in [3.05, 3.63) is 16.4 Å². The molecule has 0 unspecified atom stereocenters. The van der Waals surface area contributed by atoms with Crippen LogP contribution in [0.25, 0.3) is 0 Å². The Kier molecular flexibility index (Phi) is 4.98. The largest absolute Gasteiger partial charge is 0.351 e. The van der Waals surface area contributed by atoms with Crippen LogP contribution in [0.3, 0.4) is 0 Å². The summed E-state index contributed by atoms with van der Waals surface area (Å²) in [6, 6.07) is 0. The first kappa shape index (κ1) is 17.4. The Hall–Kier alpha value is -0.930. The number of carbonyl (C=O) groups is 1. The zero-order chi connectivity index (χ0) is 16.5. The summed E-state index contributed by atoms with van der Waals surface area (Å²) in [4.78, 5) is 12.2. The zero-order valence-corrected chi connectivity index (χ0v) is 15.4. The maximum atomic E-state index is 12.2. The summed E-state index contributed by atoms with van der Waals surface area (Å²) in [5.74, 6) is -0.0656. The molecule has 1 aromatic rings. The maximum Gasteiger partial charge on any atom is 0.255 e. The maximum absolute atomic E-state index is 12.2. The van der Waals surface area contributed by atoms with E-state index in [4.69, 9.17) is 0 Å². The molecule has 0 radical (unpaired) electrons. The normalized spacial score (nSPS) is 18.5. The first-order chi connectivity index (χ1) is 10.1. The van der Waals surface area contributed by atoms with E-state index >= 15 is 0 Å². The molecule has 2 heterocycles. The molecule has 0 aromatic carbocycles. The summed E-state index contributed by atoms with van der Waals surface area (Å²) < 4.78 is 27.1. The molecule has 1 amide bonds. The molecule has 1 saturated heterocycles. The lowest BCUT2D eigenvalue weighted by molar-refractivity contribution is 0.0950. The van der Waals surface area contributed by atoms with Gasteiger partial charge in [-0.15, -0.1) is 0 Å². The Morgan fingerprint density at radius 1 is 1.45 bits per heavy atom. The average Bonchev–Trinajstić information content (AvgIpc) is 2.92. The lowest BCUT2D eigenvalue weighted by Crippen LogP contribution is -2.36. The molecule has 0 aliphatic carbocycles. The fourth-order valence-corrected chi connectivity index (χ4v) is 4.72. The van der Waals surface area contributed by atoms with E-state index in [1.807, 2.05) is 20.8 Å². The summed E-state index contributed by atoms with van der Waals surface area (Å²) in [6.07, 6.45) is 2.16. The van der Waals surface area contributed by atoms with E-state index < -0.39 is 10.0 Å². The fraction of sp³-hybridized carbons (Fsp3) is 0.692. The third kappa shape index (κ3) is 3.69. The Balaban J connectivity index is 1.95. The first-order valence-electron chi connectivity index (χ1n) is 7.13. The molecule has 0 saturated carbocycles. The summed E-state index contributed by atoms with van der Waals surface area (Å²) >= 11 is 3.40. The summed E-state index contributed by atoms with van der Waals surface area (Å²) in [5, 5.41) is 6.96. The van der Waals surface area contributed by atoms with E-state index in [-0.39, 0.29) is 23.7 Å². The predicted octanol–water partition coefficient (Wildman–Crippen LogP) is 1.17. The molecule has 1 aromatic heterocycles. The zero-order valence-electron chi connectivity index (χ0n) is 13.0. The van der Waals surface area contributed by atoms with E-state index in [0.717, 1.165) is 0 Å². The van der Waals surface area contributed by atoms with E-state index in [2.05, 4.69) is 26.3 Å². The minimum absolute atomic E-state index is 0.199. The van der Waals surface area contributed by atoms with Gasteiger partial charge in [0.25, 0.3) is 5.91 Å². The molecule has 2 rings (SSSR count). The average molecular weight is 393 g/mol. The smallest absolute Gasteiger partial charge is 0.255 e. The topological polar surface area (TPSA) is 84.3 Å². The van der Waals surface area contributed by atoms with E-state index in [1.54, 1.807) is 4.68 Å². The van der Waals surface area contributed by atoms with Crippen LogP contribution in [-0.2, 0) is 15.6 Å². The number of aromatic nitrogens is 2. The molecule has 1 aliphatic rings. The van der Waals surface area contributed by atoms with Gasteiger partial charge >= 0.3 is 0 Å². The monoisotopic (exact) mass is 392 g/mol. The number of hydrogen-bond acceptors (Lipinski definition) is 4. The Labute approximate surface area is 139 Å². The predicted molar refractivity (Wildman–Crippen MR) is 87.2 cm³/mol. The van der Waals surface area contributed by atoms with Crippen LogP contribution in [0.4, 0.5) is 0 Å². The van der Waals surface area contributed by atoms with Crippen molar-refractivity contribution >= 4 is 31.9 Å². The van der Waals surface area contributed by atoms with Gasteiger partial charge in [0, 0.05) is 19.6 Å².